The number of alkyl halides is 2. The van der Waals surface area contributed by atoms with Crippen molar-refractivity contribution in [3.05, 3.63) is 59.7 Å². The van der Waals surface area contributed by atoms with Crippen LogP contribution in [0.2, 0.25) is 0 Å². The topological polar surface area (TPSA) is 63.2 Å². The first kappa shape index (κ1) is 21.7. The first-order valence-electron chi connectivity index (χ1n) is 10.8. The molecule has 0 aliphatic carbocycles. The molecule has 0 bridgehead atoms. The van der Waals surface area contributed by atoms with Gasteiger partial charge in [-0.25, -0.2) is 23.7 Å². The molecule has 1 aliphatic heterocycles. The minimum atomic E-state index is -2.49. The number of thiazole rings is 1. The van der Waals surface area contributed by atoms with E-state index in [-0.39, 0.29) is 11.7 Å². The van der Waals surface area contributed by atoms with Crippen LogP contribution in [0.5, 0.6) is 5.75 Å². The fraction of sp³-hybridized carbons (Fsp3) is 0.292. The van der Waals surface area contributed by atoms with E-state index in [2.05, 4.69) is 32.2 Å². The molecule has 170 valence electrons. The van der Waals surface area contributed by atoms with E-state index in [0.717, 1.165) is 53.2 Å². The Bertz CT molecular complexity index is 1230. The van der Waals surface area contributed by atoms with E-state index < -0.39 is 6.43 Å². The minimum absolute atomic E-state index is 0.0228. The van der Waals surface area contributed by atoms with Crippen LogP contribution in [0, 0.1) is 0 Å². The Morgan fingerprint density at radius 3 is 2.61 bits per heavy atom. The van der Waals surface area contributed by atoms with E-state index in [1.165, 1.54) is 12.1 Å². The summed E-state index contributed by atoms with van der Waals surface area (Å²) in [5.74, 6) is 1.15. The Hall–Kier alpha value is -3.17. The Balaban J connectivity index is 1.45. The summed E-state index contributed by atoms with van der Waals surface area (Å²) in [7, 11) is 2.12. The van der Waals surface area contributed by atoms with Gasteiger partial charge in [0.2, 0.25) is 5.95 Å². The SMILES string of the molecule is CN1CCC(Oc2cc3nc(Nc4ccc(C(F)F)cc4)ncc3cc2-c2nccs2)CC1. The molecule has 9 heteroatoms. The highest BCUT2D eigenvalue weighted by Crippen LogP contribution is 2.36. The van der Waals surface area contributed by atoms with Gasteiger partial charge in [0, 0.05) is 53.6 Å². The highest BCUT2D eigenvalue weighted by molar-refractivity contribution is 7.13. The molecule has 0 saturated carbocycles. The number of hydrogen-bond donors (Lipinski definition) is 1. The number of likely N-dealkylation sites (tertiary alicyclic amines) is 1. The predicted molar refractivity (Wildman–Crippen MR) is 126 cm³/mol. The average molecular weight is 468 g/mol. The summed E-state index contributed by atoms with van der Waals surface area (Å²) >= 11 is 1.56. The number of fused-ring (bicyclic) bond motifs is 1. The molecule has 1 saturated heterocycles. The Kier molecular flexibility index (Phi) is 6.15. The summed E-state index contributed by atoms with van der Waals surface area (Å²) < 4.78 is 32.0. The standard InChI is InChI=1S/C24H23F2N5OS/c1-31-9-6-18(7-10-31)32-21-13-20-16(12-19(21)23-27-8-11-33-23)14-28-24(30-20)29-17-4-2-15(3-5-17)22(25)26/h2-5,8,11-14,18,22H,6-7,9-10H2,1H3,(H,28,29,30). The van der Waals surface area contributed by atoms with Gasteiger partial charge in [0.25, 0.3) is 6.43 Å². The summed E-state index contributed by atoms with van der Waals surface area (Å²) in [4.78, 5) is 15.8. The zero-order valence-corrected chi connectivity index (χ0v) is 18.9. The molecule has 0 atom stereocenters. The summed E-state index contributed by atoms with van der Waals surface area (Å²) in [6.45, 7) is 2.01. The third-order valence-electron chi connectivity index (χ3n) is 5.72. The zero-order valence-electron chi connectivity index (χ0n) is 18.0. The number of nitrogens with one attached hydrogen (secondary N) is 1. The van der Waals surface area contributed by atoms with Crippen LogP contribution in [0.1, 0.15) is 24.8 Å². The summed E-state index contributed by atoms with van der Waals surface area (Å²) in [5.41, 5.74) is 2.29. The van der Waals surface area contributed by atoms with Crippen molar-refractivity contribution in [2.75, 3.05) is 25.5 Å². The van der Waals surface area contributed by atoms with E-state index >= 15 is 0 Å². The van der Waals surface area contributed by atoms with Gasteiger partial charge in [-0.2, -0.15) is 0 Å². The van der Waals surface area contributed by atoms with Crippen molar-refractivity contribution >= 4 is 33.9 Å². The summed E-state index contributed by atoms with van der Waals surface area (Å²) in [6, 6.07) is 9.92. The number of aromatic nitrogens is 3. The quantitative estimate of drug-likeness (QED) is 0.381. The number of ether oxygens (including phenoxy) is 1. The summed E-state index contributed by atoms with van der Waals surface area (Å²) in [6.07, 6.45) is 3.12. The fourth-order valence-electron chi connectivity index (χ4n) is 3.86. The van der Waals surface area contributed by atoms with Crippen LogP contribution >= 0.6 is 11.3 Å². The molecular formula is C24H23F2N5OS. The molecule has 4 aromatic rings. The van der Waals surface area contributed by atoms with E-state index in [1.54, 1.807) is 35.9 Å². The smallest absolute Gasteiger partial charge is 0.263 e. The lowest BCUT2D eigenvalue weighted by Crippen LogP contribution is -2.35. The molecule has 1 aliphatic rings. The van der Waals surface area contributed by atoms with Gasteiger partial charge < -0.3 is 15.0 Å². The van der Waals surface area contributed by atoms with Gasteiger partial charge in [-0.3, -0.25) is 0 Å². The highest BCUT2D eigenvalue weighted by atomic mass is 32.1. The van der Waals surface area contributed by atoms with Crippen molar-refractivity contribution in [3.63, 3.8) is 0 Å². The minimum Gasteiger partial charge on any atom is -0.490 e. The molecule has 33 heavy (non-hydrogen) atoms. The van der Waals surface area contributed by atoms with Crippen molar-refractivity contribution in [2.45, 2.75) is 25.4 Å². The lowest BCUT2D eigenvalue weighted by atomic mass is 10.1. The molecule has 0 radical (unpaired) electrons. The monoisotopic (exact) mass is 467 g/mol. The van der Waals surface area contributed by atoms with Crippen LogP contribution < -0.4 is 10.1 Å². The molecule has 6 nitrogen and oxygen atoms in total. The van der Waals surface area contributed by atoms with Crippen molar-refractivity contribution in [2.24, 2.45) is 0 Å². The molecule has 3 heterocycles. The summed E-state index contributed by atoms with van der Waals surface area (Å²) in [5, 5.41) is 6.79. The third-order valence-corrected chi connectivity index (χ3v) is 6.53. The number of benzene rings is 2. The molecule has 1 fully saturated rings. The predicted octanol–water partition coefficient (Wildman–Crippen LogP) is 5.91. The van der Waals surface area contributed by atoms with E-state index in [1.807, 2.05) is 17.5 Å². The second-order valence-electron chi connectivity index (χ2n) is 8.11. The van der Waals surface area contributed by atoms with Crippen LogP contribution in [0.4, 0.5) is 20.4 Å². The number of anilines is 2. The maximum absolute atomic E-state index is 12.8. The maximum Gasteiger partial charge on any atom is 0.263 e. The molecule has 0 unspecified atom stereocenters. The first-order valence-corrected chi connectivity index (χ1v) is 11.6. The number of halogens is 2. The molecular weight excluding hydrogens is 444 g/mol. The lowest BCUT2D eigenvalue weighted by molar-refractivity contribution is 0.115. The number of piperidine rings is 1. The third kappa shape index (κ3) is 4.94. The van der Waals surface area contributed by atoms with Crippen molar-refractivity contribution < 1.29 is 13.5 Å². The van der Waals surface area contributed by atoms with Crippen LogP contribution in [0.3, 0.4) is 0 Å². The Morgan fingerprint density at radius 2 is 1.91 bits per heavy atom. The Morgan fingerprint density at radius 1 is 1.12 bits per heavy atom. The van der Waals surface area contributed by atoms with Crippen LogP contribution in [0.25, 0.3) is 21.5 Å². The zero-order chi connectivity index (χ0) is 22.8. The first-order chi connectivity index (χ1) is 16.0. The number of rotatable bonds is 6. The van der Waals surface area contributed by atoms with Gasteiger partial charge in [0.1, 0.15) is 16.9 Å². The lowest BCUT2D eigenvalue weighted by Gasteiger charge is -2.29. The normalized spacial score (nSPS) is 15.3. The van der Waals surface area contributed by atoms with Crippen molar-refractivity contribution in [3.8, 4) is 16.3 Å². The highest BCUT2D eigenvalue weighted by Gasteiger charge is 2.21. The van der Waals surface area contributed by atoms with Gasteiger partial charge in [-0.05, 0) is 38.1 Å². The number of nitrogens with zero attached hydrogens (tertiary/aromatic N) is 4. The van der Waals surface area contributed by atoms with E-state index in [0.29, 0.717) is 11.6 Å². The van der Waals surface area contributed by atoms with Gasteiger partial charge in [-0.1, -0.05) is 12.1 Å². The molecule has 2 aromatic carbocycles. The van der Waals surface area contributed by atoms with Crippen molar-refractivity contribution in [1.29, 1.82) is 0 Å². The second kappa shape index (κ2) is 9.36. The molecule has 5 rings (SSSR count). The van der Waals surface area contributed by atoms with Crippen LogP contribution in [-0.4, -0.2) is 46.1 Å². The maximum atomic E-state index is 12.8. The molecule has 2 aromatic heterocycles. The van der Waals surface area contributed by atoms with Gasteiger partial charge in [-0.15, -0.1) is 11.3 Å². The van der Waals surface area contributed by atoms with Crippen LogP contribution in [-0.2, 0) is 0 Å². The molecule has 0 spiro atoms. The Labute approximate surface area is 194 Å². The van der Waals surface area contributed by atoms with E-state index in [4.69, 9.17) is 4.74 Å². The van der Waals surface area contributed by atoms with Gasteiger partial charge >= 0.3 is 0 Å². The fourth-order valence-corrected chi connectivity index (χ4v) is 4.52. The van der Waals surface area contributed by atoms with Gasteiger partial charge in [0.05, 0.1) is 11.1 Å². The molecule has 1 N–H and O–H groups in total. The van der Waals surface area contributed by atoms with Crippen LogP contribution in [0.15, 0.2) is 54.2 Å². The molecule has 0 amide bonds. The van der Waals surface area contributed by atoms with E-state index in [9.17, 15) is 8.78 Å². The second-order valence-corrected chi connectivity index (χ2v) is 9.00. The van der Waals surface area contributed by atoms with Crippen molar-refractivity contribution in [1.82, 2.24) is 19.9 Å². The largest absolute Gasteiger partial charge is 0.490 e. The van der Waals surface area contributed by atoms with Gasteiger partial charge in [0.15, 0.2) is 0 Å². The number of hydrogen-bond acceptors (Lipinski definition) is 7. The average Bonchev–Trinajstić information content (AvgIpc) is 3.35.